The minimum absolute atomic E-state index is 0.137. The second-order valence-corrected chi connectivity index (χ2v) is 6.43. The van der Waals surface area contributed by atoms with E-state index in [0.717, 1.165) is 5.75 Å². The third kappa shape index (κ3) is 5.87. The molecule has 2 rings (SSSR count). The molecule has 0 atom stereocenters. The predicted octanol–water partition coefficient (Wildman–Crippen LogP) is 3.36. The molecule has 24 heavy (non-hydrogen) atoms. The number of benzene rings is 1. The first-order valence-electron chi connectivity index (χ1n) is 8.00. The highest BCUT2D eigenvalue weighted by atomic mass is 16.5. The summed E-state index contributed by atoms with van der Waals surface area (Å²) >= 11 is 0. The summed E-state index contributed by atoms with van der Waals surface area (Å²) in [5.41, 5.74) is 1.41. The van der Waals surface area contributed by atoms with Gasteiger partial charge in [0.15, 0.2) is 0 Å². The maximum Gasteiger partial charge on any atom is 0.321 e. The van der Waals surface area contributed by atoms with Crippen molar-refractivity contribution in [2.75, 3.05) is 18.5 Å². The molecule has 0 saturated carbocycles. The van der Waals surface area contributed by atoms with Crippen LogP contribution in [0.15, 0.2) is 42.7 Å². The van der Waals surface area contributed by atoms with Crippen LogP contribution in [0.25, 0.3) is 0 Å². The Hall–Kier alpha value is -2.63. The van der Waals surface area contributed by atoms with E-state index in [1.165, 1.54) is 5.56 Å². The molecule has 0 aliphatic rings. The SMILES string of the molecule is CC(C)(C)c1ccc(OCCCNC(=O)Nc2ncccn2)cc1. The first-order valence-corrected chi connectivity index (χ1v) is 8.00. The average Bonchev–Trinajstić information content (AvgIpc) is 2.55. The van der Waals surface area contributed by atoms with Crippen LogP contribution in [-0.4, -0.2) is 29.2 Å². The molecule has 2 N–H and O–H groups in total. The quantitative estimate of drug-likeness (QED) is 0.797. The van der Waals surface area contributed by atoms with Crippen molar-refractivity contribution in [2.45, 2.75) is 32.6 Å². The number of urea groups is 1. The Labute approximate surface area is 142 Å². The molecule has 0 radical (unpaired) electrons. The minimum Gasteiger partial charge on any atom is -0.494 e. The van der Waals surface area contributed by atoms with Crippen molar-refractivity contribution in [3.63, 3.8) is 0 Å². The van der Waals surface area contributed by atoms with Crippen LogP contribution < -0.4 is 15.4 Å². The number of aromatic nitrogens is 2. The number of hydrogen-bond donors (Lipinski definition) is 2. The Bertz CT molecular complexity index is 636. The molecule has 6 nitrogen and oxygen atoms in total. The van der Waals surface area contributed by atoms with E-state index >= 15 is 0 Å². The molecule has 0 aliphatic carbocycles. The molecule has 0 fully saturated rings. The van der Waals surface area contributed by atoms with Gasteiger partial charge in [-0.2, -0.15) is 0 Å². The van der Waals surface area contributed by atoms with E-state index in [-0.39, 0.29) is 17.4 Å². The van der Waals surface area contributed by atoms with Crippen molar-refractivity contribution in [3.8, 4) is 5.75 Å². The number of ether oxygens (including phenoxy) is 1. The first-order chi connectivity index (χ1) is 11.4. The zero-order chi connectivity index (χ0) is 17.4. The number of amides is 2. The third-order valence-corrected chi connectivity index (χ3v) is 3.39. The number of carbonyl (C=O) groups is 1. The van der Waals surface area contributed by atoms with Gasteiger partial charge in [-0.3, -0.25) is 5.32 Å². The predicted molar refractivity (Wildman–Crippen MR) is 94.3 cm³/mol. The van der Waals surface area contributed by atoms with Gasteiger partial charge in [-0.15, -0.1) is 0 Å². The van der Waals surface area contributed by atoms with Gasteiger partial charge >= 0.3 is 6.03 Å². The van der Waals surface area contributed by atoms with E-state index < -0.39 is 0 Å². The van der Waals surface area contributed by atoms with Crippen molar-refractivity contribution in [2.24, 2.45) is 0 Å². The highest BCUT2D eigenvalue weighted by molar-refractivity contribution is 5.87. The molecule has 2 aromatic rings. The lowest BCUT2D eigenvalue weighted by Crippen LogP contribution is -2.30. The summed E-state index contributed by atoms with van der Waals surface area (Å²) in [5, 5.41) is 5.29. The van der Waals surface area contributed by atoms with Crippen molar-refractivity contribution >= 4 is 12.0 Å². The number of nitrogens with zero attached hydrogens (tertiary/aromatic N) is 2. The van der Waals surface area contributed by atoms with Gasteiger partial charge in [-0.25, -0.2) is 14.8 Å². The fourth-order valence-electron chi connectivity index (χ4n) is 2.02. The van der Waals surface area contributed by atoms with E-state index in [9.17, 15) is 4.79 Å². The maximum absolute atomic E-state index is 11.6. The monoisotopic (exact) mass is 328 g/mol. The second kappa shape index (κ2) is 8.29. The summed E-state index contributed by atoms with van der Waals surface area (Å²) in [7, 11) is 0. The van der Waals surface area contributed by atoms with Gasteiger partial charge in [-0.05, 0) is 35.6 Å². The van der Waals surface area contributed by atoms with E-state index in [1.54, 1.807) is 18.5 Å². The molecule has 0 unspecified atom stereocenters. The van der Waals surface area contributed by atoms with Crippen molar-refractivity contribution in [1.29, 1.82) is 0 Å². The van der Waals surface area contributed by atoms with Gasteiger partial charge in [0.05, 0.1) is 6.61 Å². The molecule has 0 spiro atoms. The van der Waals surface area contributed by atoms with E-state index in [2.05, 4.69) is 53.5 Å². The smallest absolute Gasteiger partial charge is 0.321 e. The van der Waals surface area contributed by atoms with Gasteiger partial charge in [0.25, 0.3) is 0 Å². The molecule has 6 heteroatoms. The molecular formula is C18H24N4O2. The normalized spacial score (nSPS) is 11.0. The molecule has 0 bridgehead atoms. The van der Waals surface area contributed by atoms with E-state index in [0.29, 0.717) is 19.6 Å². The molecule has 1 heterocycles. The van der Waals surface area contributed by atoms with Crippen molar-refractivity contribution in [1.82, 2.24) is 15.3 Å². The van der Waals surface area contributed by atoms with Crippen LogP contribution in [0.5, 0.6) is 5.75 Å². The molecule has 0 saturated heterocycles. The Morgan fingerprint density at radius 2 is 1.79 bits per heavy atom. The summed E-state index contributed by atoms with van der Waals surface area (Å²) in [5.74, 6) is 1.12. The lowest BCUT2D eigenvalue weighted by Gasteiger charge is -2.19. The number of anilines is 1. The summed E-state index contributed by atoms with van der Waals surface area (Å²) in [4.78, 5) is 19.5. The first kappa shape index (κ1) is 17.7. The van der Waals surface area contributed by atoms with Crippen LogP contribution in [-0.2, 0) is 5.41 Å². The highest BCUT2D eigenvalue weighted by Crippen LogP contribution is 2.24. The van der Waals surface area contributed by atoms with Crippen LogP contribution >= 0.6 is 0 Å². The average molecular weight is 328 g/mol. The van der Waals surface area contributed by atoms with E-state index in [1.807, 2.05) is 12.1 Å². The van der Waals surface area contributed by atoms with Gasteiger partial charge in [0.1, 0.15) is 5.75 Å². The number of rotatable bonds is 6. The van der Waals surface area contributed by atoms with Crippen LogP contribution in [0, 0.1) is 0 Å². The second-order valence-electron chi connectivity index (χ2n) is 6.43. The number of hydrogen-bond acceptors (Lipinski definition) is 4. The van der Waals surface area contributed by atoms with Crippen LogP contribution in [0.2, 0.25) is 0 Å². The molecule has 128 valence electrons. The fraction of sp³-hybridized carbons (Fsp3) is 0.389. The molecular weight excluding hydrogens is 304 g/mol. The molecule has 1 aromatic carbocycles. The Kier molecular flexibility index (Phi) is 6.12. The van der Waals surface area contributed by atoms with Gasteiger partial charge < -0.3 is 10.1 Å². The maximum atomic E-state index is 11.6. The lowest BCUT2D eigenvalue weighted by atomic mass is 9.87. The van der Waals surface area contributed by atoms with Crippen LogP contribution in [0.4, 0.5) is 10.7 Å². The van der Waals surface area contributed by atoms with Gasteiger partial charge in [-0.1, -0.05) is 32.9 Å². The van der Waals surface area contributed by atoms with Crippen LogP contribution in [0.1, 0.15) is 32.8 Å². The molecule has 2 amide bonds. The summed E-state index contributed by atoms with van der Waals surface area (Å²) in [6, 6.07) is 9.49. The van der Waals surface area contributed by atoms with Crippen molar-refractivity contribution in [3.05, 3.63) is 48.3 Å². The Morgan fingerprint density at radius 3 is 2.42 bits per heavy atom. The summed E-state index contributed by atoms with van der Waals surface area (Å²) in [6.07, 6.45) is 3.85. The largest absolute Gasteiger partial charge is 0.494 e. The molecule has 1 aromatic heterocycles. The topological polar surface area (TPSA) is 76.1 Å². The summed E-state index contributed by atoms with van der Waals surface area (Å²) in [6.45, 7) is 7.59. The van der Waals surface area contributed by atoms with Gasteiger partial charge in [0, 0.05) is 18.9 Å². The Balaban J connectivity index is 1.63. The van der Waals surface area contributed by atoms with Crippen LogP contribution in [0.3, 0.4) is 0 Å². The number of carbonyl (C=O) groups excluding carboxylic acids is 1. The van der Waals surface area contributed by atoms with Crippen molar-refractivity contribution < 1.29 is 9.53 Å². The highest BCUT2D eigenvalue weighted by Gasteiger charge is 2.12. The summed E-state index contributed by atoms with van der Waals surface area (Å²) < 4.78 is 5.68. The number of nitrogens with one attached hydrogen (secondary N) is 2. The standard InChI is InChI=1S/C18H24N4O2/c1-18(2,3)14-6-8-15(9-7-14)24-13-5-12-21-17(23)22-16-19-10-4-11-20-16/h4,6-11H,5,12-13H2,1-3H3,(H2,19,20,21,22,23). The Morgan fingerprint density at radius 1 is 1.12 bits per heavy atom. The van der Waals surface area contributed by atoms with E-state index in [4.69, 9.17) is 4.74 Å². The molecule has 0 aliphatic heterocycles. The lowest BCUT2D eigenvalue weighted by molar-refractivity contribution is 0.250. The third-order valence-electron chi connectivity index (χ3n) is 3.39. The van der Waals surface area contributed by atoms with Gasteiger partial charge in [0.2, 0.25) is 5.95 Å². The minimum atomic E-state index is -0.323. The zero-order valence-electron chi connectivity index (χ0n) is 14.4. The fourth-order valence-corrected chi connectivity index (χ4v) is 2.02. The zero-order valence-corrected chi connectivity index (χ0v) is 14.4.